The lowest BCUT2D eigenvalue weighted by molar-refractivity contribution is 0.0963. The van der Waals surface area contributed by atoms with Gasteiger partial charge in [-0.3, -0.25) is 20.6 Å². The minimum atomic E-state index is -0.222. The van der Waals surface area contributed by atoms with Crippen molar-refractivity contribution in [2.45, 2.75) is 13.8 Å². The first-order chi connectivity index (χ1) is 11.0. The van der Waals surface area contributed by atoms with Gasteiger partial charge < -0.3 is 5.73 Å². The number of anilines is 2. The number of benzene rings is 2. The SMILES string of the molecule is Cc1cc(NNC(=O)c2ccc(N)cc2)c2cccc(C)c2n1. The van der Waals surface area contributed by atoms with Crippen LogP contribution in [0, 0.1) is 13.8 Å². The van der Waals surface area contributed by atoms with Crippen molar-refractivity contribution in [2.24, 2.45) is 0 Å². The van der Waals surface area contributed by atoms with Crippen LogP contribution in [0.3, 0.4) is 0 Å². The first kappa shape index (κ1) is 14.8. The first-order valence-corrected chi connectivity index (χ1v) is 7.33. The van der Waals surface area contributed by atoms with Crippen molar-refractivity contribution in [3.05, 3.63) is 65.4 Å². The molecule has 0 atom stereocenters. The molecule has 0 fully saturated rings. The van der Waals surface area contributed by atoms with Crippen molar-refractivity contribution in [3.63, 3.8) is 0 Å². The first-order valence-electron chi connectivity index (χ1n) is 7.33. The number of hydrogen-bond donors (Lipinski definition) is 3. The summed E-state index contributed by atoms with van der Waals surface area (Å²) in [7, 11) is 0. The number of fused-ring (bicyclic) bond motifs is 1. The molecule has 0 aliphatic carbocycles. The van der Waals surface area contributed by atoms with Gasteiger partial charge in [0.25, 0.3) is 5.91 Å². The van der Waals surface area contributed by atoms with Crippen LogP contribution in [0.15, 0.2) is 48.5 Å². The average molecular weight is 306 g/mol. The molecule has 116 valence electrons. The number of hydrazine groups is 1. The highest BCUT2D eigenvalue weighted by molar-refractivity contribution is 5.97. The van der Waals surface area contributed by atoms with Crippen LogP contribution in [-0.4, -0.2) is 10.9 Å². The van der Waals surface area contributed by atoms with E-state index in [1.54, 1.807) is 24.3 Å². The molecule has 3 aromatic rings. The van der Waals surface area contributed by atoms with Gasteiger partial charge in [0.15, 0.2) is 0 Å². The Morgan fingerprint density at radius 1 is 1.09 bits per heavy atom. The van der Waals surface area contributed by atoms with Crippen LogP contribution in [0.2, 0.25) is 0 Å². The van der Waals surface area contributed by atoms with E-state index in [2.05, 4.69) is 15.8 Å². The molecule has 0 bridgehead atoms. The summed E-state index contributed by atoms with van der Waals surface area (Å²) in [4.78, 5) is 16.8. The number of pyridine rings is 1. The second-order valence-corrected chi connectivity index (χ2v) is 5.48. The molecular weight excluding hydrogens is 288 g/mol. The van der Waals surface area contributed by atoms with E-state index in [-0.39, 0.29) is 5.91 Å². The number of carbonyl (C=O) groups is 1. The van der Waals surface area contributed by atoms with E-state index in [0.717, 1.165) is 27.8 Å². The fraction of sp³-hybridized carbons (Fsp3) is 0.111. The van der Waals surface area contributed by atoms with Gasteiger partial charge in [-0.15, -0.1) is 0 Å². The Morgan fingerprint density at radius 2 is 1.83 bits per heavy atom. The summed E-state index contributed by atoms with van der Waals surface area (Å²) in [6.07, 6.45) is 0. The summed E-state index contributed by atoms with van der Waals surface area (Å²) in [5.74, 6) is -0.222. The lowest BCUT2D eigenvalue weighted by Crippen LogP contribution is -2.29. The summed E-state index contributed by atoms with van der Waals surface area (Å²) in [6, 6.07) is 14.7. The van der Waals surface area contributed by atoms with Gasteiger partial charge in [-0.1, -0.05) is 18.2 Å². The third kappa shape index (κ3) is 3.08. The highest BCUT2D eigenvalue weighted by atomic mass is 16.2. The lowest BCUT2D eigenvalue weighted by Gasteiger charge is -2.13. The van der Waals surface area contributed by atoms with Crippen molar-refractivity contribution in [3.8, 4) is 0 Å². The number of aryl methyl sites for hydroxylation is 2. The summed E-state index contributed by atoms with van der Waals surface area (Å²) in [5.41, 5.74) is 16.2. The molecule has 23 heavy (non-hydrogen) atoms. The Hall–Kier alpha value is -3.08. The smallest absolute Gasteiger partial charge is 0.269 e. The Labute approximate surface area is 134 Å². The quantitative estimate of drug-likeness (QED) is 0.513. The van der Waals surface area contributed by atoms with E-state index >= 15 is 0 Å². The lowest BCUT2D eigenvalue weighted by atomic mass is 10.1. The number of rotatable bonds is 3. The standard InChI is InChI=1S/C18H18N4O/c1-11-4-3-5-15-16(10-12(2)20-17(11)15)21-22-18(23)13-6-8-14(19)9-7-13/h3-10H,19H2,1-2H3,(H,20,21)(H,22,23). The van der Waals surface area contributed by atoms with Gasteiger partial charge in [-0.2, -0.15) is 0 Å². The van der Waals surface area contributed by atoms with Crippen molar-refractivity contribution in [1.82, 2.24) is 10.4 Å². The number of hydrogen-bond acceptors (Lipinski definition) is 4. The third-order valence-corrected chi connectivity index (χ3v) is 3.65. The zero-order valence-corrected chi connectivity index (χ0v) is 13.1. The van der Waals surface area contributed by atoms with Crippen LogP contribution < -0.4 is 16.6 Å². The summed E-state index contributed by atoms with van der Waals surface area (Å²) >= 11 is 0. The average Bonchev–Trinajstić information content (AvgIpc) is 2.54. The molecule has 0 saturated carbocycles. The molecule has 3 rings (SSSR count). The molecule has 5 heteroatoms. The number of nitrogens with two attached hydrogens (primary N) is 1. The molecule has 5 nitrogen and oxygen atoms in total. The molecule has 1 aromatic heterocycles. The van der Waals surface area contributed by atoms with E-state index in [4.69, 9.17) is 5.73 Å². The van der Waals surface area contributed by atoms with Crippen molar-refractivity contribution in [1.29, 1.82) is 0 Å². The summed E-state index contributed by atoms with van der Waals surface area (Å²) in [5, 5.41) is 0.966. The molecule has 1 heterocycles. The van der Waals surface area contributed by atoms with Gasteiger partial charge in [-0.05, 0) is 49.7 Å². The van der Waals surface area contributed by atoms with Crippen molar-refractivity contribution < 1.29 is 4.79 Å². The fourth-order valence-corrected chi connectivity index (χ4v) is 2.45. The van der Waals surface area contributed by atoms with E-state index in [0.29, 0.717) is 11.3 Å². The molecule has 0 aliphatic rings. The molecule has 0 radical (unpaired) electrons. The molecule has 1 amide bonds. The summed E-state index contributed by atoms with van der Waals surface area (Å²) in [6.45, 7) is 3.95. The van der Waals surface area contributed by atoms with Gasteiger partial charge in [0.05, 0.1) is 11.2 Å². The van der Waals surface area contributed by atoms with Gasteiger partial charge in [-0.25, -0.2) is 0 Å². The Balaban J connectivity index is 1.86. The Kier molecular flexibility index (Phi) is 3.85. The van der Waals surface area contributed by atoms with Crippen molar-refractivity contribution in [2.75, 3.05) is 11.2 Å². The van der Waals surface area contributed by atoms with Crippen LogP contribution in [-0.2, 0) is 0 Å². The third-order valence-electron chi connectivity index (χ3n) is 3.65. The number of para-hydroxylation sites is 1. The van der Waals surface area contributed by atoms with E-state index in [1.807, 2.05) is 38.1 Å². The van der Waals surface area contributed by atoms with Gasteiger partial charge >= 0.3 is 0 Å². The molecule has 0 spiro atoms. The maximum atomic E-state index is 12.2. The van der Waals surface area contributed by atoms with Crippen molar-refractivity contribution >= 4 is 28.2 Å². The van der Waals surface area contributed by atoms with E-state index in [1.165, 1.54) is 0 Å². The maximum Gasteiger partial charge on any atom is 0.269 e. The highest BCUT2D eigenvalue weighted by Gasteiger charge is 2.08. The monoisotopic (exact) mass is 306 g/mol. The molecule has 4 N–H and O–H groups in total. The van der Waals surface area contributed by atoms with Gasteiger partial charge in [0.1, 0.15) is 0 Å². The topological polar surface area (TPSA) is 80.0 Å². The Morgan fingerprint density at radius 3 is 2.57 bits per heavy atom. The van der Waals surface area contributed by atoms with Crippen LogP contribution in [0.1, 0.15) is 21.6 Å². The minimum Gasteiger partial charge on any atom is -0.399 e. The predicted molar refractivity (Wildman–Crippen MR) is 93.2 cm³/mol. The van der Waals surface area contributed by atoms with E-state index < -0.39 is 0 Å². The molecular formula is C18H18N4O. The van der Waals surface area contributed by atoms with Crippen LogP contribution in [0.4, 0.5) is 11.4 Å². The normalized spacial score (nSPS) is 10.5. The zero-order valence-electron chi connectivity index (χ0n) is 13.1. The van der Waals surface area contributed by atoms with Crippen LogP contribution in [0.25, 0.3) is 10.9 Å². The number of nitrogen functional groups attached to an aromatic ring is 1. The van der Waals surface area contributed by atoms with E-state index in [9.17, 15) is 4.79 Å². The highest BCUT2D eigenvalue weighted by Crippen LogP contribution is 2.24. The van der Waals surface area contributed by atoms with Crippen LogP contribution in [0.5, 0.6) is 0 Å². The van der Waals surface area contributed by atoms with Crippen LogP contribution >= 0.6 is 0 Å². The number of nitrogens with zero attached hydrogens (tertiary/aromatic N) is 1. The molecule has 2 aromatic carbocycles. The number of carbonyl (C=O) groups excluding carboxylic acids is 1. The zero-order chi connectivity index (χ0) is 16.4. The fourth-order valence-electron chi connectivity index (χ4n) is 2.45. The Bertz CT molecular complexity index is 872. The van der Waals surface area contributed by atoms with Gasteiger partial charge in [0.2, 0.25) is 0 Å². The minimum absolute atomic E-state index is 0.222. The van der Waals surface area contributed by atoms with Gasteiger partial charge in [0, 0.05) is 22.3 Å². The molecule has 0 aliphatic heterocycles. The largest absolute Gasteiger partial charge is 0.399 e. The second kappa shape index (κ2) is 5.96. The molecule has 0 saturated heterocycles. The predicted octanol–water partition coefficient (Wildman–Crippen LogP) is 3.19. The number of amides is 1. The number of nitrogens with one attached hydrogen (secondary N) is 2. The summed E-state index contributed by atoms with van der Waals surface area (Å²) < 4.78 is 0. The number of aromatic nitrogens is 1. The maximum absolute atomic E-state index is 12.2. The second-order valence-electron chi connectivity index (χ2n) is 5.48. The molecule has 0 unspecified atom stereocenters.